The minimum absolute atomic E-state index is 0.543. The molecule has 2 aromatic heterocycles. The van der Waals surface area contributed by atoms with Crippen molar-refractivity contribution < 1.29 is 4.74 Å². The molecule has 0 amide bonds. The van der Waals surface area contributed by atoms with Gasteiger partial charge in [-0.2, -0.15) is 0 Å². The largest absolute Gasteiger partial charge is 0.369 e. The maximum absolute atomic E-state index is 5.56. The SMILES string of the molecule is Cc1cc2c(s1)-n1c(C)nnc1COC2. The molecule has 0 N–H and O–H groups in total. The Balaban J connectivity index is 2.29. The predicted octanol–water partition coefficient (Wildman–Crippen LogP) is 1.98. The number of aryl methyl sites for hydroxylation is 2. The van der Waals surface area contributed by atoms with Crippen molar-refractivity contribution in [2.24, 2.45) is 0 Å². The van der Waals surface area contributed by atoms with E-state index in [-0.39, 0.29) is 0 Å². The van der Waals surface area contributed by atoms with Gasteiger partial charge in [-0.25, -0.2) is 0 Å². The van der Waals surface area contributed by atoms with Crippen molar-refractivity contribution in [3.8, 4) is 5.00 Å². The number of aromatic nitrogens is 3. The smallest absolute Gasteiger partial charge is 0.164 e. The molecule has 0 saturated carbocycles. The highest BCUT2D eigenvalue weighted by atomic mass is 32.1. The Morgan fingerprint density at radius 3 is 3.07 bits per heavy atom. The molecule has 0 saturated heterocycles. The van der Waals surface area contributed by atoms with E-state index in [2.05, 4.69) is 27.8 Å². The summed E-state index contributed by atoms with van der Waals surface area (Å²) in [5.41, 5.74) is 1.24. The van der Waals surface area contributed by atoms with E-state index in [4.69, 9.17) is 4.74 Å². The molecule has 0 atom stereocenters. The van der Waals surface area contributed by atoms with Crippen LogP contribution in [0.25, 0.3) is 5.00 Å². The van der Waals surface area contributed by atoms with E-state index in [9.17, 15) is 0 Å². The maximum atomic E-state index is 5.56. The molecule has 0 bridgehead atoms. The van der Waals surface area contributed by atoms with Gasteiger partial charge in [0, 0.05) is 10.4 Å². The van der Waals surface area contributed by atoms with Crippen molar-refractivity contribution in [2.75, 3.05) is 0 Å². The average Bonchev–Trinajstić information content (AvgIpc) is 2.67. The Bertz CT molecular complexity index is 515. The zero-order valence-corrected chi connectivity index (χ0v) is 9.47. The van der Waals surface area contributed by atoms with Gasteiger partial charge in [-0.15, -0.1) is 21.5 Å². The van der Waals surface area contributed by atoms with Crippen LogP contribution in [0.3, 0.4) is 0 Å². The zero-order valence-electron chi connectivity index (χ0n) is 8.65. The third-order valence-corrected chi connectivity index (χ3v) is 3.57. The summed E-state index contributed by atoms with van der Waals surface area (Å²) in [4.78, 5) is 1.30. The van der Waals surface area contributed by atoms with E-state index in [0.29, 0.717) is 13.2 Å². The molecule has 0 spiro atoms. The summed E-state index contributed by atoms with van der Waals surface area (Å²) in [7, 11) is 0. The third kappa shape index (κ3) is 1.31. The molecular formula is C10H11N3OS. The number of hydrogen-bond donors (Lipinski definition) is 0. The van der Waals surface area contributed by atoms with Crippen LogP contribution in [0, 0.1) is 13.8 Å². The minimum atomic E-state index is 0.543. The van der Waals surface area contributed by atoms with Gasteiger partial charge in [0.1, 0.15) is 17.4 Å². The van der Waals surface area contributed by atoms with Crippen molar-refractivity contribution in [1.29, 1.82) is 0 Å². The molecule has 0 aromatic carbocycles. The predicted molar refractivity (Wildman–Crippen MR) is 57.2 cm³/mol. The minimum Gasteiger partial charge on any atom is -0.369 e. The molecule has 5 heteroatoms. The second kappa shape index (κ2) is 3.15. The lowest BCUT2D eigenvalue weighted by Crippen LogP contribution is -1.99. The lowest BCUT2D eigenvalue weighted by atomic mass is 10.3. The molecule has 3 rings (SSSR count). The Hall–Kier alpha value is -1.20. The van der Waals surface area contributed by atoms with Gasteiger partial charge in [-0.3, -0.25) is 4.57 Å². The van der Waals surface area contributed by atoms with Crippen LogP contribution in [0.15, 0.2) is 6.07 Å². The molecule has 1 aliphatic heterocycles. The molecule has 0 fully saturated rings. The van der Waals surface area contributed by atoms with Crippen LogP contribution in [-0.2, 0) is 18.0 Å². The molecule has 15 heavy (non-hydrogen) atoms. The van der Waals surface area contributed by atoms with Crippen LogP contribution in [0.1, 0.15) is 22.1 Å². The molecule has 3 heterocycles. The van der Waals surface area contributed by atoms with Crippen LogP contribution in [-0.4, -0.2) is 14.8 Å². The molecule has 4 nitrogen and oxygen atoms in total. The average molecular weight is 221 g/mol. The van der Waals surface area contributed by atoms with Gasteiger partial charge < -0.3 is 4.74 Å². The topological polar surface area (TPSA) is 39.9 Å². The summed E-state index contributed by atoms with van der Waals surface area (Å²) < 4.78 is 7.65. The van der Waals surface area contributed by atoms with Gasteiger partial charge in [-0.05, 0) is 19.9 Å². The van der Waals surface area contributed by atoms with Gasteiger partial charge in [0.25, 0.3) is 0 Å². The monoisotopic (exact) mass is 221 g/mol. The number of rotatable bonds is 0. The lowest BCUT2D eigenvalue weighted by molar-refractivity contribution is 0.105. The fraction of sp³-hybridized carbons (Fsp3) is 0.400. The number of thiophene rings is 1. The molecular weight excluding hydrogens is 210 g/mol. The maximum Gasteiger partial charge on any atom is 0.164 e. The van der Waals surface area contributed by atoms with Crippen molar-refractivity contribution in [3.05, 3.63) is 28.2 Å². The van der Waals surface area contributed by atoms with Gasteiger partial charge in [0.2, 0.25) is 0 Å². The van der Waals surface area contributed by atoms with Crippen LogP contribution in [0.4, 0.5) is 0 Å². The Labute approximate surface area is 91.5 Å². The fourth-order valence-electron chi connectivity index (χ4n) is 1.86. The van der Waals surface area contributed by atoms with Crippen molar-refractivity contribution in [2.45, 2.75) is 27.1 Å². The highest BCUT2D eigenvalue weighted by Gasteiger charge is 2.19. The van der Waals surface area contributed by atoms with Crippen molar-refractivity contribution >= 4 is 11.3 Å². The Morgan fingerprint density at radius 2 is 2.20 bits per heavy atom. The van der Waals surface area contributed by atoms with Crippen molar-refractivity contribution in [3.63, 3.8) is 0 Å². The standard InChI is InChI=1S/C10H11N3OS/c1-6-3-8-4-14-5-9-12-11-7(2)13(9)10(8)15-6/h3H,4-5H2,1-2H3. The number of hydrogen-bond acceptors (Lipinski definition) is 4. The summed E-state index contributed by atoms with van der Waals surface area (Å²) in [5, 5.41) is 9.42. The summed E-state index contributed by atoms with van der Waals surface area (Å²) in [6.45, 7) is 5.29. The molecule has 2 aromatic rings. The third-order valence-electron chi connectivity index (χ3n) is 2.49. The first-order valence-corrected chi connectivity index (χ1v) is 5.65. The van der Waals surface area contributed by atoms with E-state index in [1.165, 1.54) is 15.4 Å². The van der Waals surface area contributed by atoms with Crippen molar-refractivity contribution in [1.82, 2.24) is 14.8 Å². The van der Waals surface area contributed by atoms with E-state index >= 15 is 0 Å². The van der Waals surface area contributed by atoms with Crippen LogP contribution >= 0.6 is 11.3 Å². The van der Waals surface area contributed by atoms with E-state index in [0.717, 1.165) is 11.6 Å². The Morgan fingerprint density at radius 1 is 1.33 bits per heavy atom. The Kier molecular flexibility index (Phi) is 1.90. The number of fused-ring (bicyclic) bond motifs is 3. The lowest BCUT2D eigenvalue weighted by Gasteiger charge is -2.02. The normalized spacial score (nSPS) is 14.5. The first-order chi connectivity index (χ1) is 7.25. The van der Waals surface area contributed by atoms with Gasteiger partial charge >= 0.3 is 0 Å². The van der Waals surface area contributed by atoms with Gasteiger partial charge in [0.15, 0.2) is 5.82 Å². The second-order valence-electron chi connectivity index (χ2n) is 3.68. The van der Waals surface area contributed by atoms with E-state index < -0.39 is 0 Å². The number of nitrogens with zero attached hydrogens (tertiary/aromatic N) is 3. The second-order valence-corrected chi connectivity index (χ2v) is 4.91. The highest BCUT2D eigenvalue weighted by molar-refractivity contribution is 7.14. The van der Waals surface area contributed by atoms with E-state index in [1.807, 2.05) is 6.92 Å². The quantitative estimate of drug-likeness (QED) is 0.683. The van der Waals surface area contributed by atoms with Gasteiger partial charge in [-0.1, -0.05) is 0 Å². The molecule has 0 aliphatic carbocycles. The fourth-order valence-corrected chi connectivity index (χ4v) is 2.95. The summed E-state index contributed by atoms with van der Waals surface area (Å²) in [6.07, 6.45) is 0. The molecule has 78 valence electrons. The van der Waals surface area contributed by atoms with E-state index in [1.54, 1.807) is 11.3 Å². The molecule has 1 aliphatic rings. The van der Waals surface area contributed by atoms with Crippen LogP contribution in [0.5, 0.6) is 0 Å². The summed E-state index contributed by atoms with van der Waals surface area (Å²) in [6, 6.07) is 2.18. The summed E-state index contributed by atoms with van der Waals surface area (Å²) >= 11 is 1.77. The molecule has 0 unspecified atom stereocenters. The van der Waals surface area contributed by atoms with Gasteiger partial charge in [0.05, 0.1) is 6.61 Å². The highest BCUT2D eigenvalue weighted by Crippen LogP contribution is 2.30. The zero-order chi connectivity index (χ0) is 10.4. The van der Waals surface area contributed by atoms with Crippen LogP contribution in [0.2, 0.25) is 0 Å². The first kappa shape index (κ1) is 9.06. The first-order valence-electron chi connectivity index (χ1n) is 4.84. The molecule has 0 radical (unpaired) electrons. The summed E-state index contributed by atoms with van der Waals surface area (Å²) in [5.74, 6) is 1.83. The van der Waals surface area contributed by atoms with Crippen LogP contribution < -0.4 is 0 Å². The number of ether oxygens (including phenoxy) is 1.